The Morgan fingerprint density at radius 1 is 1.38 bits per heavy atom. The first-order chi connectivity index (χ1) is 11.3. The average molecular weight is 332 g/mol. The summed E-state index contributed by atoms with van der Waals surface area (Å²) >= 11 is 0. The average Bonchev–Trinajstić information content (AvgIpc) is 2.56. The van der Waals surface area contributed by atoms with Gasteiger partial charge < -0.3 is 10.1 Å². The molecule has 0 saturated heterocycles. The van der Waals surface area contributed by atoms with Gasteiger partial charge in [-0.3, -0.25) is 14.5 Å². The van der Waals surface area contributed by atoms with Crippen LogP contribution in [0.5, 0.6) is 5.75 Å². The molecule has 1 unspecified atom stereocenters. The van der Waals surface area contributed by atoms with Crippen molar-refractivity contribution in [1.29, 1.82) is 0 Å². The molecule has 0 aliphatic carbocycles. The molecule has 1 aliphatic rings. The second-order valence-corrected chi connectivity index (χ2v) is 7.07. The summed E-state index contributed by atoms with van der Waals surface area (Å²) in [5.74, 6) is 0.320. The molecule has 0 aromatic heterocycles. The fourth-order valence-electron chi connectivity index (χ4n) is 2.57. The number of rotatable bonds is 6. The van der Waals surface area contributed by atoms with Gasteiger partial charge in [0.05, 0.1) is 5.69 Å². The lowest BCUT2D eigenvalue weighted by molar-refractivity contribution is -0.125. The van der Waals surface area contributed by atoms with E-state index in [-0.39, 0.29) is 36.4 Å². The Bertz CT molecular complexity index is 625. The molecule has 24 heavy (non-hydrogen) atoms. The minimum atomic E-state index is -0.187. The van der Waals surface area contributed by atoms with Gasteiger partial charge in [0.1, 0.15) is 12.3 Å². The fourth-order valence-corrected chi connectivity index (χ4v) is 2.57. The van der Waals surface area contributed by atoms with Crippen molar-refractivity contribution in [3.8, 4) is 5.75 Å². The molecule has 0 spiro atoms. The SMILES string of the molecule is CCC(C)NC(=O)CN1C(=O)COc2ccc(C(C)(C)CC)cc21. The third-order valence-electron chi connectivity index (χ3n) is 4.89. The number of carbonyl (C=O) groups is 2. The minimum Gasteiger partial charge on any atom is -0.482 e. The topological polar surface area (TPSA) is 58.6 Å². The lowest BCUT2D eigenvalue weighted by Gasteiger charge is -2.32. The summed E-state index contributed by atoms with van der Waals surface area (Å²) in [7, 11) is 0. The number of hydrogen-bond donors (Lipinski definition) is 1. The van der Waals surface area contributed by atoms with Gasteiger partial charge in [-0.25, -0.2) is 0 Å². The minimum absolute atomic E-state index is 0.000177. The van der Waals surface area contributed by atoms with Gasteiger partial charge in [-0.1, -0.05) is 33.8 Å². The van der Waals surface area contributed by atoms with E-state index in [1.165, 1.54) is 4.90 Å². The molecule has 5 nitrogen and oxygen atoms in total. The molecule has 5 heteroatoms. The predicted octanol–water partition coefficient (Wildman–Crippen LogP) is 3.01. The molecule has 2 rings (SSSR count). The second-order valence-electron chi connectivity index (χ2n) is 7.07. The zero-order valence-electron chi connectivity index (χ0n) is 15.3. The van der Waals surface area contributed by atoms with Crippen LogP contribution in [0, 0.1) is 0 Å². The number of amides is 2. The summed E-state index contributed by atoms with van der Waals surface area (Å²) in [5.41, 5.74) is 1.82. The quantitative estimate of drug-likeness (QED) is 0.871. The van der Waals surface area contributed by atoms with Crippen molar-refractivity contribution in [2.45, 2.75) is 58.9 Å². The lowest BCUT2D eigenvalue weighted by Crippen LogP contribution is -2.46. The van der Waals surface area contributed by atoms with Gasteiger partial charge >= 0.3 is 0 Å². The highest BCUT2D eigenvalue weighted by molar-refractivity contribution is 6.02. The maximum Gasteiger partial charge on any atom is 0.265 e. The number of benzene rings is 1. The highest BCUT2D eigenvalue weighted by Gasteiger charge is 2.29. The van der Waals surface area contributed by atoms with E-state index in [4.69, 9.17) is 4.74 Å². The molecular weight excluding hydrogens is 304 g/mol. The van der Waals surface area contributed by atoms with E-state index in [0.29, 0.717) is 11.4 Å². The van der Waals surface area contributed by atoms with Gasteiger partial charge in [0, 0.05) is 6.04 Å². The monoisotopic (exact) mass is 332 g/mol. The van der Waals surface area contributed by atoms with Crippen LogP contribution in [0.15, 0.2) is 18.2 Å². The van der Waals surface area contributed by atoms with Crippen LogP contribution in [0.2, 0.25) is 0 Å². The third-order valence-corrected chi connectivity index (χ3v) is 4.89. The molecule has 1 atom stereocenters. The zero-order valence-corrected chi connectivity index (χ0v) is 15.3. The maximum absolute atomic E-state index is 12.3. The largest absolute Gasteiger partial charge is 0.482 e. The first-order valence-corrected chi connectivity index (χ1v) is 8.65. The Kier molecular flexibility index (Phi) is 5.52. The highest BCUT2D eigenvalue weighted by Crippen LogP contribution is 2.37. The van der Waals surface area contributed by atoms with Gasteiger partial charge in [-0.05, 0) is 42.9 Å². The summed E-state index contributed by atoms with van der Waals surface area (Å²) in [6, 6.07) is 6.01. The van der Waals surface area contributed by atoms with E-state index < -0.39 is 0 Å². The number of anilines is 1. The van der Waals surface area contributed by atoms with E-state index >= 15 is 0 Å². The van der Waals surface area contributed by atoms with E-state index in [1.807, 2.05) is 32.0 Å². The first-order valence-electron chi connectivity index (χ1n) is 8.65. The van der Waals surface area contributed by atoms with Gasteiger partial charge in [0.25, 0.3) is 5.91 Å². The molecule has 1 aliphatic heterocycles. The van der Waals surface area contributed by atoms with Crippen LogP contribution in [0.3, 0.4) is 0 Å². The Morgan fingerprint density at radius 2 is 2.08 bits per heavy atom. The van der Waals surface area contributed by atoms with Crippen molar-refractivity contribution >= 4 is 17.5 Å². The maximum atomic E-state index is 12.3. The van der Waals surface area contributed by atoms with Crippen LogP contribution in [-0.4, -0.2) is 31.0 Å². The van der Waals surface area contributed by atoms with Gasteiger partial charge in [0.2, 0.25) is 5.91 Å². The summed E-state index contributed by atoms with van der Waals surface area (Å²) in [5, 5.41) is 2.91. The van der Waals surface area contributed by atoms with Crippen LogP contribution in [-0.2, 0) is 15.0 Å². The molecule has 0 bridgehead atoms. The molecule has 1 N–H and O–H groups in total. The van der Waals surface area contributed by atoms with Gasteiger partial charge in [-0.15, -0.1) is 0 Å². The smallest absolute Gasteiger partial charge is 0.265 e. The van der Waals surface area contributed by atoms with E-state index in [9.17, 15) is 9.59 Å². The van der Waals surface area contributed by atoms with Crippen molar-refractivity contribution < 1.29 is 14.3 Å². The van der Waals surface area contributed by atoms with Crippen molar-refractivity contribution in [2.24, 2.45) is 0 Å². The Morgan fingerprint density at radius 3 is 2.71 bits per heavy atom. The number of nitrogens with zero attached hydrogens (tertiary/aromatic N) is 1. The molecule has 1 aromatic carbocycles. The summed E-state index contributed by atoms with van der Waals surface area (Å²) < 4.78 is 5.53. The van der Waals surface area contributed by atoms with E-state index in [0.717, 1.165) is 18.4 Å². The molecule has 0 fully saturated rings. The number of ether oxygens (including phenoxy) is 1. The molecule has 0 radical (unpaired) electrons. The highest BCUT2D eigenvalue weighted by atomic mass is 16.5. The van der Waals surface area contributed by atoms with Crippen molar-refractivity contribution in [2.75, 3.05) is 18.1 Å². The van der Waals surface area contributed by atoms with Crippen LogP contribution in [0.25, 0.3) is 0 Å². The van der Waals surface area contributed by atoms with Gasteiger partial charge in [-0.2, -0.15) is 0 Å². The van der Waals surface area contributed by atoms with Crippen molar-refractivity contribution in [1.82, 2.24) is 5.32 Å². The molecular formula is C19H28N2O3. The van der Waals surface area contributed by atoms with E-state index in [2.05, 4.69) is 26.1 Å². The Balaban J connectivity index is 2.29. The predicted molar refractivity (Wildman–Crippen MR) is 95.5 cm³/mol. The third kappa shape index (κ3) is 3.89. The standard InChI is InChI=1S/C19H28N2O3/c1-6-13(3)20-17(22)11-21-15-10-14(19(4,5)7-2)8-9-16(15)24-12-18(21)23/h8-10,13H,6-7,11-12H2,1-5H3,(H,20,22). The van der Waals surface area contributed by atoms with Crippen LogP contribution >= 0.6 is 0 Å². The van der Waals surface area contributed by atoms with Crippen molar-refractivity contribution in [3.63, 3.8) is 0 Å². The Hall–Kier alpha value is -2.04. The van der Waals surface area contributed by atoms with Crippen molar-refractivity contribution in [3.05, 3.63) is 23.8 Å². The first kappa shape index (κ1) is 18.3. The molecule has 1 aromatic rings. The molecule has 132 valence electrons. The van der Waals surface area contributed by atoms with Crippen LogP contribution < -0.4 is 15.0 Å². The fraction of sp³-hybridized carbons (Fsp3) is 0.579. The summed E-state index contributed by atoms with van der Waals surface area (Å²) in [6.45, 7) is 10.4. The van der Waals surface area contributed by atoms with E-state index in [1.54, 1.807) is 0 Å². The molecule has 0 saturated carbocycles. The zero-order chi connectivity index (χ0) is 17.9. The van der Waals surface area contributed by atoms with Crippen LogP contribution in [0.4, 0.5) is 5.69 Å². The number of fused-ring (bicyclic) bond motifs is 1. The van der Waals surface area contributed by atoms with Gasteiger partial charge in [0.15, 0.2) is 6.61 Å². The lowest BCUT2D eigenvalue weighted by atomic mass is 9.82. The summed E-state index contributed by atoms with van der Waals surface area (Å²) in [4.78, 5) is 26.1. The molecule has 1 heterocycles. The summed E-state index contributed by atoms with van der Waals surface area (Å²) in [6.07, 6.45) is 1.84. The number of carbonyl (C=O) groups excluding carboxylic acids is 2. The Labute approximate surface area is 144 Å². The normalized spacial score (nSPS) is 15.5. The number of nitrogens with one attached hydrogen (secondary N) is 1. The van der Waals surface area contributed by atoms with Crippen LogP contribution in [0.1, 0.15) is 53.0 Å². The molecule has 2 amide bonds. The number of hydrogen-bond acceptors (Lipinski definition) is 3. The second kappa shape index (κ2) is 7.24.